The summed E-state index contributed by atoms with van der Waals surface area (Å²) in [6, 6.07) is 0. The lowest BCUT2D eigenvalue weighted by Crippen LogP contribution is -2.23. The predicted octanol–water partition coefficient (Wildman–Crippen LogP) is 4.80. The van der Waals surface area contributed by atoms with Gasteiger partial charge in [0.15, 0.2) is 0 Å². The van der Waals surface area contributed by atoms with E-state index in [1.165, 1.54) is 32.2 Å². The van der Waals surface area contributed by atoms with Crippen LogP contribution in [-0.2, 0) is 0 Å². The molecule has 0 spiro atoms. The van der Waals surface area contributed by atoms with Crippen molar-refractivity contribution >= 4 is 0 Å². The first-order valence-electron chi connectivity index (χ1n) is 11.9. The molecule has 2 aliphatic rings. The number of hydrogen-bond donors (Lipinski definition) is 2. The van der Waals surface area contributed by atoms with Crippen molar-refractivity contribution in [1.82, 2.24) is 4.90 Å². The van der Waals surface area contributed by atoms with Crippen LogP contribution in [-0.4, -0.2) is 47.0 Å². The molecule has 2 N–H and O–H groups in total. The van der Waals surface area contributed by atoms with Crippen molar-refractivity contribution in [1.29, 1.82) is 0 Å². The van der Waals surface area contributed by atoms with Gasteiger partial charge in [-0.1, -0.05) is 51.0 Å². The first-order valence-corrected chi connectivity index (χ1v) is 11.9. The monoisotopic (exact) mass is 401 g/mol. The minimum atomic E-state index is -0.485. The van der Waals surface area contributed by atoms with E-state index >= 15 is 0 Å². The van der Waals surface area contributed by atoms with E-state index in [1.54, 1.807) is 5.57 Å². The van der Waals surface area contributed by atoms with Gasteiger partial charge in [0.1, 0.15) is 0 Å². The molecule has 2 rings (SSSR count). The Morgan fingerprint density at radius 2 is 2.00 bits per heavy atom. The van der Waals surface area contributed by atoms with Crippen LogP contribution in [0.15, 0.2) is 23.8 Å². The maximum absolute atomic E-state index is 10.5. The Balaban J connectivity index is 1.77. The topological polar surface area (TPSA) is 43.7 Å². The van der Waals surface area contributed by atoms with Crippen LogP contribution >= 0.6 is 0 Å². The molecule has 0 unspecified atom stereocenters. The van der Waals surface area contributed by atoms with Gasteiger partial charge in [-0.25, -0.2) is 0 Å². The van der Waals surface area contributed by atoms with E-state index in [9.17, 15) is 10.2 Å². The number of aliphatic hydroxyl groups is 2. The molecule has 2 aliphatic carbocycles. The van der Waals surface area contributed by atoms with E-state index in [2.05, 4.69) is 42.7 Å². The van der Waals surface area contributed by atoms with E-state index in [4.69, 9.17) is 0 Å². The molecule has 0 heterocycles. The largest absolute Gasteiger partial charge is 0.392 e. The zero-order valence-corrected chi connectivity index (χ0v) is 19.1. The molecule has 29 heavy (non-hydrogen) atoms. The number of allylic oxidation sites excluding steroid dienone is 2. The molecule has 3 heteroatoms. The van der Waals surface area contributed by atoms with Crippen LogP contribution < -0.4 is 0 Å². The maximum atomic E-state index is 10.5. The Kier molecular flexibility index (Phi) is 10.5. The van der Waals surface area contributed by atoms with E-state index in [1.807, 2.05) is 19.9 Å². The molecule has 3 nitrogen and oxygen atoms in total. The summed E-state index contributed by atoms with van der Waals surface area (Å²) in [5.74, 6) is 7.28. The van der Waals surface area contributed by atoms with Gasteiger partial charge < -0.3 is 15.1 Å². The van der Waals surface area contributed by atoms with Crippen LogP contribution in [0.2, 0.25) is 0 Å². The van der Waals surface area contributed by atoms with Gasteiger partial charge >= 0.3 is 0 Å². The molecule has 164 valence electrons. The molecule has 6 atom stereocenters. The van der Waals surface area contributed by atoms with Crippen molar-refractivity contribution < 1.29 is 10.2 Å². The summed E-state index contributed by atoms with van der Waals surface area (Å²) in [4.78, 5) is 2.50. The van der Waals surface area contributed by atoms with E-state index < -0.39 is 6.10 Å². The molecule has 0 bridgehead atoms. The van der Waals surface area contributed by atoms with Crippen molar-refractivity contribution in [3.63, 3.8) is 0 Å². The zero-order chi connectivity index (χ0) is 21.2. The second kappa shape index (κ2) is 12.6. The highest BCUT2D eigenvalue weighted by Gasteiger charge is 2.43. The lowest BCUT2D eigenvalue weighted by molar-refractivity contribution is 0.137. The van der Waals surface area contributed by atoms with Crippen molar-refractivity contribution in [2.75, 3.05) is 19.6 Å². The van der Waals surface area contributed by atoms with Gasteiger partial charge in [0.05, 0.1) is 12.2 Å². The van der Waals surface area contributed by atoms with Crippen LogP contribution in [0.4, 0.5) is 0 Å². The Morgan fingerprint density at radius 3 is 2.69 bits per heavy atom. The summed E-state index contributed by atoms with van der Waals surface area (Å²) in [7, 11) is 0. The van der Waals surface area contributed by atoms with Crippen molar-refractivity contribution in [3.8, 4) is 11.8 Å². The molecular weight excluding hydrogens is 358 g/mol. The van der Waals surface area contributed by atoms with Gasteiger partial charge in [-0.3, -0.25) is 0 Å². The average molecular weight is 402 g/mol. The second-order valence-electron chi connectivity index (χ2n) is 9.06. The van der Waals surface area contributed by atoms with E-state index in [0.29, 0.717) is 18.3 Å². The standard InChI is InChI=1S/C26H43NO2/c1-5-8-12-20(4)25(28)15-14-23-24-18-21(17-22(24)19-26(23)29)13-10-9-11-16-27(6-2)7-3/h14-15,17,20,22-26,28-29H,6-7,9-13,16,18-19H2,1-4H3/b15-14+/t20-,22-,23+,24-,25+,26+/m0/s1. The number of rotatable bonds is 12. The number of unbranched alkanes of at least 4 members (excludes halogenated alkanes) is 2. The van der Waals surface area contributed by atoms with E-state index in [-0.39, 0.29) is 17.9 Å². The lowest BCUT2D eigenvalue weighted by Gasteiger charge is -2.20. The number of aliphatic hydroxyl groups excluding tert-OH is 2. The highest BCUT2D eigenvalue weighted by Crippen LogP contribution is 2.48. The Hall–Kier alpha value is -1.08. The SMILES string of the molecule is CC#CC[C@H](C)[C@H](O)/C=C/[C@@H]1[C@H]2CC(CCCCCN(CC)CC)=C[C@H]2C[C@H]1O. The molecule has 1 fully saturated rings. The molecule has 0 aromatic heterocycles. The molecule has 0 amide bonds. The third-order valence-corrected chi connectivity index (χ3v) is 7.03. The van der Waals surface area contributed by atoms with Gasteiger partial charge in [0.2, 0.25) is 0 Å². The second-order valence-corrected chi connectivity index (χ2v) is 9.06. The molecule has 0 saturated heterocycles. The fraction of sp³-hybridized carbons (Fsp3) is 0.769. The van der Waals surface area contributed by atoms with Gasteiger partial charge in [0, 0.05) is 12.3 Å². The molecule has 0 aromatic carbocycles. The van der Waals surface area contributed by atoms with Gasteiger partial charge in [-0.2, -0.15) is 0 Å². The lowest BCUT2D eigenvalue weighted by atomic mass is 9.88. The zero-order valence-electron chi connectivity index (χ0n) is 19.1. The molecule has 0 aromatic rings. The maximum Gasteiger partial charge on any atom is 0.0755 e. The Bertz CT molecular complexity index is 596. The summed E-state index contributed by atoms with van der Waals surface area (Å²) in [5, 5.41) is 20.9. The van der Waals surface area contributed by atoms with Crippen LogP contribution in [0.3, 0.4) is 0 Å². The normalized spacial score (nSPS) is 28.3. The van der Waals surface area contributed by atoms with Crippen molar-refractivity contribution in [2.45, 2.75) is 84.8 Å². The number of fused-ring (bicyclic) bond motifs is 1. The Morgan fingerprint density at radius 1 is 1.24 bits per heavy atom. The average Bonchev–Trinajstić information content (AvgIpc) is 3.23. The first kappa shape index (κ1) is 24.2. The Labute approximate surface area is 179 Å². The minimum absolute atomic E-state index is 0.127. The number of nitrogens with zero attached hydrogens (tertiary/aromatic N) is 1. The fourth-order valence-electron chi connectivity index (χ4n) is 5.01. The quantitative estimate of drug-likeness (QED) is 0.280. The van der Waals surface area contributed by atoms with Crippen LogP contribution in [0, 0.1) is 35.5 Å². The van der Waals surface area contributed by atoms with Crippen LogP contribution in [0.25, 0.3) is 0 Å². The third kappa shape index (κ3) is 7.28. The molecule has 1 saturated carbocycles. The molecule has 0 aliphatic heterocycles. The highest BCUT2D eigenvalue weighted by molar-refractivity contribution is 5.21. The summed E-state index contributed by atoms with van der Waals surface area (Å²) in [5.41, 5.74) is 1.60. The predicted molar refractivity (Wildman–Crippen MR) is 122 cm³/mol. The first-order chi connectivity index (χ1) is 14.0. The summed E-state index contributed by atoms with van der Waals surface area (Å²) >= 11 is 0. The van der Waals surface area contributed by atoms with Gasteiger partial charge in [-0.15, -0.1) is 11.8 Å². The number of hydrogen-bond acceptors (Lipinski definition) is 3. The van der Waals surface area contributed by atoms with Crippen molar-refractivity contribution in [2.24, 2.45) is 23.7 Å². The summed E-state index contributed by atoms with van der Waals surface area (Å²) in [6.07, 6.45) is 13.5. The van der Waals surface area contributed by atoms with Gasteiger partial charge in [0.25, 0.3) is 0 Å². The van der Waals surface area contributed by atoms with Gasteiger partial charge in [-0.05, 0) is 76.4 Å². The summed E-state index contributed by atoms with van der Waals surface area (Å²) < 4.78 is 0. The summed E-state index contributed by atoms with van der Waals surface area (Å²) in [6.45, 7) is 11.9. The minimum Gasteiger partial charge on any atom is -0.392 e. The van der Waals surface area contributed by atoms with Crippen LogP contribution in [0.1, 0.15) is 72.6 Å². The van der Waals surface area contributed by atoms with Crippen molar-refractivity contribution in [3.05, 3.63) is 23.8 Å². The fourth-order valence-corrected chi connectivity index (χ4v) is 5.01. The smallest absolute Gasteiger partial charge is 0.0755 e. The molecule has 0 radical (unpaired) electrons. The van der Waals surface area contributed by atoms with E-state index in [0.717, 1.165) is 25.9 Å². The third-order valence-electron chi connectivity index (χ3n) is 7.03. The highest BCUT2D eigenvalue weighted by atomic mass is 16.3. The molecular formula is C26H43NO2. The van der Waals surface area contributed by atoms with Crippen LogP contribution in [0.5, 0.6) is 0 Å².